The van der Waals surface area contributed by atoms with E-state index < -0.39 is 0 Å². The molecule has 0 bridgehead atoms. The fraction of sp³-hybridized carbons (Fsp3) is 0.786. The van der Waals surface area contributed by atoms with E-state index in [9.17, 15) is 9.90 Å². The Labute approximate surface area is 123 Å². The number of methoxy groups -OCH3 is 1. The van der Waals surface area contributed by atoms with Gasteiger partial charge in [-0.05, 0) is 12.8 Å². The number of aryl methyl sites for hydroxylation is 1. The molecule has 2 atom stereocenters. The summed E-state index contributed by atoms with van der Waals surface area (Å²) in [5, 5.41) is 17.5. The normalized spacial score (nSPS) is 27.6. The fourth-order valence-corrected chi connectivity index (χ4v) is 3.61. The summed E-state index contributed by atoms with van der Waals surface area (Å²) < 4.78 is 7.27. The quantitative estimate of drug-likeness (QED) is 0.849. The largest absolute Gasteiger partial charge is 0.392 e. The molecule has 1 saturated heterocycles. The second-order valence-corrected chi connectivity index (χ2v) is 6.04. The molecule has 21 heavy (non-hydrogen) atoms. The molecule has 1 N–H and O–H groups in total. The maximum absolute atomic E-state index is 12.2. The van der Waals surface area contributed by atoms with Gasteiger partial charge in [-0.2, -0.15) is 0 Å². The zero-order chi connectivity index (χ0) is 14.9. The van der Waals surface area contributed by atoms with E-state index in [0.717, 1.165) is 19.3 Å². The molecule has 1 spiro atoms. The third-order valence-electron chi connectivity index (χ3n) is 5.12. The van der Waals surface area contributed by atoms with Crippen molar-refractivity contribution in [1.29, 1.82) is 0 Å². The van der Waals surface area contributed by atoms with Crippen LogP contribution < -0.4 is 0 Å². The highest BCUT2D eigenvalue weighted by Gasteiger charge is 2.56. The SMILES string of the molecule is CO[C@H]1C[C@@H](O)C12CCN(C(=O)CCn1cnnc1)CC2. The van der Waals surface area contributed by atoms with Crippen molar-refractivity contribution in [3.05, 3.63) is 12.7 Å². The Kier molecular flexibility index (Phi) is 3.95. The molecular weight excluding hydrogens is 272 g/mol. The number of amides is 1. The van der Waals surface area contributed by atoms with Gasteiger partial charge in [-0.25, -0.2) is 0 Å². The average Bonchev–Trinajstić information content (AvgIpc) is 3.03. The van der Waals surface area contributed by atoms with Crippen LogP contribution >= 0.6 is 0 Å². The number of carbonyl (C=O) groups is 1. The van der Waals surface area contributed by atoms with Crippen LogP contribution in [0.25, 0.3) is 0 Å². The lowest BCUT2D eigenvalue weighted by molar-refractivity contribution is -0.202. The van der Waals surface area contributed by atoms with Gasteiger partial charge in [0.15, 0.2) is 0 Å². The Morgan fingerprint density at radius 3 is 2.62 bits per heavy atom. The first kappa shape index (κ1) is 14.5. The third kappa shape index (κ3) is 2.55. The van der Waals surface area contributed by atoms with E-state index in [1.165, 1.54) is 0 Å². The van der Waals surface area contributed by atoms with Gasteiger partial charge < -0.3 is 19.3 Å². The zero-order valence-corrected chi connectivity index (χ0v) is 12.3. The molecule has 3 rings (SSSR count). The van der Waals surface area contributed by atoms with E-state index in [0.29, 0.717) is 26.1 Å². The van der Waals surface area contributed by atoms with Gasteiger partial charge in [0, 0.05) is 45.0 Å². The number of piperidine rings is 1. The zero-order valence-electron chi connectivity index (χ0n) is 12.3. The summed E-state index contributed by atoms with van der Waals surface area (Å²) in [6, 6.07) is 0. The van der Waals surface area contributed by atoms with Crippen LogP contribution in [0.4, 0.5) is 0 Å². The topological polar surface area (TPSA) is 80.5 Å². The predicted octanol–water partition coefficient (Wildman–Crippen LogP) is 0.0566. The van der Waals surface area contributed by atoms with Crippen molar-refractivity contribution >= 4 is 5.91 Å². The molecule has 2 fully saturated rings. The van der Waals surface area contributed by atoms with Crippen LogP contribution in [0.3, 0.4) is 0 Å². The molecule has 1 saturated carbocycles. The maximum Gasteiger partial charge on any atom is 0.224 e. The minimum Gasteiger partial charge on any atom is -0.392 e. The second kappa shape index (κ2) is 5.73. The highest BCUT2D eigenvalue weighted by Crippen LogP contribution is 2.50. The van der Waals surface area contributed by atoms with Crippen molar-refractivity contribution in [2.45, 2.75) is 44.4 Å². The van der Waals surface area contributed by atoms with Gasteiger partial charge in [0.25, 0.3) is 0 Å². The molecule has 0 unspecified atom stereocenters. The number of nitrogens with zero attached hydrogens (tertiary/aromatic N) is 4. The monoisotopic (exact) mass is 294 g/mol. The van der Waals surface area contributed by atoms with E-state index in [1.807, 2.05) is 4.90 Å². The molecule has 1 aromatic rings. The molecule has 0 aromatic carbocycles. The molecule has 7 heteroatoms. The number of hydrogen-bond donors (Lipinski definition) is 1. The first-order valence-electron chi connectivity index (χ1n) is 7.47. The Hall–Kier alpha value is -1.47. The first-order valence-corrected chi connectivity index (χ1v) is 7.47. The molecular formula is C14H22N4O3. The molecule has 116 valence electrons. The maximum atomic E-state index is 12.2. The number of carbonyl (C=O) groups excluding carboxylic acids is 1. The van der Waals surface area contributed by atoms with Crippen LogP contribution in [0.15, 0.2) is 12.7 Å². The Morgan fingerprint density at radius 2 is 2.05 bits per heavy atom. The van der Waals surface area contributed by atoms with Crippen LogP contribution in [0.1, 0.15) is 25.7 Å². The van der Waals surface area contributed by atoms with E-state index in [2.05, 4.69) is 10.2 Å². The van der Waals surface area contributed by atoms with Gasteiger partial charge in [-0.15, -0.1) is 10.2 Å². The van der Waals surface area contributed by atoms with Crippen molar-refractivity contribution < 1.29 is 14.6 Å². The Morgan fingerprint density at radius 1 is 1.38 bits per heavy atom. The van der Waals surface area contributed by atoms with E-state index in [4.69, 9.17) is 4.74 Å². The molecule has 1 aliphatic heterocycles. The van der Waals surface area contributed by atoms with Crippen molar-refractivity contribution in [2.75, 3.05) is 20.2 Å². The smallest absolute Gasteiger partial charge is 0.224 e. The van der Waals surface area contributed by atoms with Crippen LogP contribution in [-0.4, -0.2) is 63.1 Å². The Bertz CT molecular complexity index is 482. The standard InChI is InChI=1S/C14H22N4O3/c1-21-12-8-11(19)14(12)3-6-18(7-4-14)13(20)2-5-17-9-15-16-10-17/h9-12,19H,2-8H2,1H3/t11-,12+/m1/s1. The van der Waals surface area contributed by atoms with Gasteiger partial charge in [-0.3, -0.25) is 4.79 Å². The van der Waals surface area contributed by atoms with E-state index in [-0.39, 0.29) is 23.5 Å². The Balaban J connectivity index is 1.50. The minimum absolute atomic E-state index is 0.125. The third-order valence-corrected chi connectivity index (χ3v) is 5.12. The van der Waals surface area contributed by atoms with Gasteiger partial charge in [0.2, 0.25) is 5.91 Å². The lowest BCUT2D eigenvalue weighted by Crippen LogP contribution is -2.62. The van der Waals surface area contributed by atoms with Crippen molar-refractivity contribution in [3.63, 3.8) is 0 Å². The summed E-state index contributed by atoms with van der Waals surface area (Å²) in [5.74, 6) is 0.154. The van der Waals surface area contributed by atoms with Crippen LogP contribution in [0, 0.1) is 5.41 Å². The van der Waals surface area contributed by atoms with Crippen molar-refractivity contribution in [3.8, 4) is 0 Å². The predicted molar refractivity (Wildman–Crippen MR) is 74.3 cm³/mol. The molecule has 0 radical (unpaired) electrons. The van der Waals surface area contributed by atoms with Crippen LogP contribution in [-0.2, 0) is 16.1 Å². The average molecular weight is 294 g/mol. The van der Waals surface area contributed by atoms with Crippen LogP contribution in [0.5, 0.6) is 0 Å². The van der Waals surface area contributed by atoms with Gasteiger partial charge in [0.1, 0.15) is 12.7 Å². The van der Waals surface area contributed by atoms with Crippen LogP contribution in [0.2, 0.25) is 0 Å². The van der Waals surface area contributed by atoms with Gasteiger partial charge in [0.05, 0.1) is 12.2 Å². The number of rotatable bonds is 4. The molecule has 1 aliphatic carbocycles. The summed E-state index contributed by atoms with van der Waals surface area (Å²) in [5.41, 5.74) is -0.125. The lowest BCUT2D eigenvalue weighted by atomic mass is 9.58. The highest BCUT2D eigenvalue weighted by molar-refractivity contribution is 5.76. The second-order valence-electron chi connectivity index (χ2n) is 6.04. The summed E-state index contributed by atoms with van der Waals surface area (Å²) in [6.45, 7) is 2.02. The molecule has 2 aliphatic rings. The van der Waals surface area contributed by atoms with Gasteiger partial charge in [-0.1, -0.05) is 0 Å². The number of ether oxygens (including phenoxy) is 1. The number of likely N-dealkylation sites (tertiary alicyclic amines) is 1. The summed E-state index contributed by atoms with van der Waals surface area (Å²) in [7, 11) is 1.70. The molecule has 2 heterocycles. The van der Waals surface area contributed by atoms with Crippen molar-refractivity contribution in [2.24, 2.45) is 5.41 Å². The van der Waals surface area contributed by atoms with Gasteiger partial charge >= 0.3 is 0 Å². The number of hydrogen-bond acceptors (Lipinski definition) is 5. The number of aliphatic hydroxyl groups is 1. The van der Waals surface area contributed by atoms with Crippen molar-refractivity contribution in [1.82, 2.24) is 19.7 Å². The van der Waals surface area contributed by atoms with E-state index >= 15 is 0 Å². The lowest BCUT2D eigenvalue weighted by Gasteiger charge is -2.56. The first-order chi connectivity index (χ1) is 10.2. The molecule has 1 aromatic heterocycles. The summed E-state index contributed by atoms with van der Waals surface area (Å²) in [6.07, 6.45) is 5.92. The summed E-state index contributed by atoms with van der Waals surface area (Å²) >= 11 is 0. The highest BCUT2D eigenvalue weighted by atomic mass is 16.5. The molecule has 7 nitrogen and oxygen atoms in total. The fourth-order valence-electron chi connectivity index (χ4n) is 3.61. The molecule has 1 amide bonds. The minimum atomic E-state index is -0.281. The van der Waals surface area contributed by atoms with E-state index in [1.54, 1.807) is 24.3 Å². The number of aromatic nitrogens is 3. The summed E-state index contributed by atoms with van der Waals surface area (Å²) in [4.78, 5) is 14.1. The number of aliphatic hydroxyl groups excluding tert-OH is 1.